The average molecular weight is 457 g/mol. The lowest BCUT2D eigenvalue weighted by molar-refractivity contribution is -0.136. The predicted molar refractivity (Wildman–Crippen MR) is 117 cm³/mol. The molecule has 0 amide bonds. The normalized spacial score (nSPS) is 12.8. The maximum atomic E-state index is 12.6. The van der Waals surface area contributed by atoms with Crippen molar-refractivity contribution < 1.29 is 23.0 Å². The topological polar surface area (TPSA) is 99.1 Å². The van der Waals surface area contributed by atoms with Gasteiger partial charge >= 0.3 is 6.18 Å². The molecule has 0 radical (unpaired) electrons. The van der Waals surface area contributed by atoms with Gasteiger partial charge in [-0.1, -0.05) is 12.1 Å². The minimum atomic E-state index is -4.27. The van der Waals surface area contributed by atoms with Gasteiger partial charge in [-0.15, -0.1) is 0 Å². The van der Waals surface area contributed by atoms with E-state index in [0.29, 0.717) is 39.7 Å². The van der Waals surface area contributed by atoms with Crippen molar-refractivity contribution in [3.05, 3.63) is 66.1 Å². The van der Waals surface area contributed by atoms with Crippen molar-refractivity contribution in [3.63, 3.8) is 0 Å². The third-order valence-electron chi connectivity index (χ3n) is 5.23. The summed E-state index contributed by atoms with van der Waals surface area (Å²) in [7, 11) is 1.54. The Kier molecular flexibility index (Phi) is 6.30. The van der Waals surface area contributed by atoms with Gasteiger partial charge in [0.1, 0.15) is 5.75 Å². The minimum absolute atomic E-state index is 0.201. The van der Waals surface area contributed by atoms with E-state index < -0.39 is 18.6 Å². The van der Waals surface area contributed by atoms with E-state index in [-0.39, 0.29) is 13.0 Å². The molecule has 0 aliphatic rings. The molecule has 0 bridgehead atoms. The fraction of sp³-hybridized carbons (Fsp3) is 0.261. The van der Waals surface area contributed by atoms with Gasteiger partial charge in [-0.05, 0) is 42.8 Å². The number of nitrogens with zero attached hydrogens (tertiary/aromatic N) is 4. The van der Waals surface area contributed by atoms with Crippen molar-refractivity contribution in [1.82, 2.24) is 19.7 Å². The van der Waals surface area contributed by atoms with Crippen LogP contribution in [-0.4, -0.2) is 38.1 Å². The van der Waals surface area contributed by atoms with Gasteiger partial charge in [0.05, 0.1) is 47.9 Å². The van der Waals surface area contributed by atoms with E-state index >= 15 is 0 Å². The van der Waals surface area contributed by atoms with E-state index in [0.717, 1.165) is 5.39 Å². The van der Waals surface area contributed by atoms with E-state index in [2.05, 4.69) is 15.1 Å². The minimum Gasteiger partial charge on any atom is -0.496 e. The van der Waals surface area contributed by atoms with Crippen LogP contribution < -0.4 is 10.5 Å². The zero-order valence-electron chi connectivity index (χ0n) is 17.8. The predicted octanol–water partition coefficient (Wildman–Crippen LogP) is 4.33. The summed E-state index contributed by atoms with van der Waals surface area (Å²) in [6.45, 7) is -0.201. The maximum absolute atomic E-state index is 12.6. The molecule has 4 rings (SSSR count). The highest BCUT2D eigenvalue weighted by Crippen LogP contribution is 2.33. The van der Waals surface area contributed by atoms with Gasteiger partial charge in [0.2, 0.25) is 0 Å². The molecular weight excluding hydrogens is 435 g/mol. The van der Waals surface area contributed by atoms with Crippen LogP contribution >= 0.6 is 0 Å². The molecule has 0 aliphatic heterocycles. The largest absolute Gasteiger partial charge is 0.496 e. The van der Waals surface area contributed by atoms with Gasteiger partial charge in [0.25, 0.3) is 0 Å². The van der Waals surface area contributed by atoms with Crippen molar-refractivity contribution in [2.45, 2.75) is 31.7 Å². The molecule has 3 aromatic heterocycles. The van der Waals surface area contributed by atoms with Gasteiger partial charge < -0.3 is 15.6 Å². The number of benzene rings is 1. The molecule has 0 saturated heterocycles. The van der Waals surface area contributed by atoms with Crippen LogP contribution in [0, 0.1) is 0 Å². The summed E-state index contributed by atoms with van der Waals surface area (Å²) in [5.74, 6) is 1.08. The van der Waals surface area contributed by atoms with Crippen molar-refractivity contribution >= 4 is 10.9 Å². The molecule has 1 atom stereocenters. The van der Waals surface area contributed by atoms with E-state index in [1.54, 1.807) is 53.3 Å². The molecule has 33 heavy (non-hydrogen) atoms. The van der Waals surface area contributed by atoms with Gasteiger partial charge in [-0.25, -0.2) is 9.67 Å². The first kappa shape index (κ1) is 22.7. The first-order chi connectivity index (χ1) is 15.8. The Labute approximate surface area is 187 Å². The molecule has 0 saturated carbocycles. The van der Waals surface area contributed by atoms with Crippen LogP contribution in [0.15, 0.2) is 54.7 Å². The third kappa shape index (κ3) is 4.96. The average Bonchev–Trinajstić information content (AvgIpc) is 3.25. The smallest absolute Gasteiger partial charge is 0.389 e. The van der Waals surface area contributed by atoms with Gasteiger partial charge in [-0.2, -0.15) is 18.3 Å². The molecule has 1 aromatic carbocycles. The summed E-state index contributed by atoms with van der Waals surface area (Å²) < 4.78 is 44.9. The molecule has 0 fully saturated rings. The number of aromatic nitrogens is 4. The van der Waals surface area contributed by atoms with Crippen LogP contribution in [-0.2, 0) is 6.61 Å². The molecular formula is C23H22F3N5O2. The number of nitrogens with two attached hydrogens (primary N) is 1. The van der Waals surface area contributed by atoms with Crippen LogP contribution in [0.2, 0.25) is 0 Å². The van der Waals surface area contributed by atoms with Gasteiger partial charge in [0, 0.05) is 18.0 Å². The highest BCUT2D eigenvalue weighted by molar-refractivity contribution is 5.90. The fourth-order valence-electron chi connectivity index (χ4n) is 3.55. The lowest BCUT2D eigenvalue weighted by Gasteiger charge is -2.14. The molecule has 3 heterocycles. The summed E-state index contributed by atoms with van der Waals surface area (Å²) in [5, 5.41) is 14.6. The number of rotatable bonds is 7. The van der Waals surface area contributed by atoms with Crippen LogP contribution in [0.25, 0.3) is 28.0 Å². The first-order valence-corrected chi connectivity index (χ1v) is 10.2. The molecule has 0 aliphatic carbocycles. The summed E-state index contributed by atoms with van der Waals surface area (Å²) in [6, 6.07) is 13.1. The highest BCUT2D eigenvalue weighted by atomic mass is 19.4. The first-order valence-electron chi connectivity index (χ1n) is 10.2. The zero-order chi connectivity index (χ0) is 23.6. The molecule has 10 heteroatoms. The van der Waals surface area contributed by atoms with Crippen molar-refractivity contribution in [2.24, 2.45) is 5.73 Å². The fourth-order valence-corrected chi connectivity index (χ4v) is 3.55. The van der Waals surface area contributed by atoms with Crippen LogP contribution in [0.5, 0.6) is 5.75 Å². The summed E-state index contributed by atoms with van der Waals surface area (Å²) in [5.41, 5.74) is 8.78. The Morgan fingerprint density at radius 2 is 1.91 bits per heavy atom. The number of aliphatic hydroxyl groups is 1. The van der Waals surface area contributed by atoms with E-state index in [4.69, 9.17) is 10.5 Å². The summed E-state index contributed by atoms with van der Waals surface area (Å²) in [4.78, 5) is 8.92. The number of aliphatic hydroxyl groups excluding tert-OH is 1. The second-order valence-electron chi connectivity index (χ2n) is 7.52. The van der Waals surface area contributed by atoms with Crippen LogP contribution in [0.1, 0.15) is 30.3 Å². The van der Waals surface area contributed by atoms with Crippen LogP contribution in [0.3, 0.4) is 0 Å². The Morgan fingerprint density at radius 3 is 2.64 bits per heavy atom. The van der Waals surface area contributed by atoms with Crippen molar-refractivity contribution in [3.8, 4) is 22.8 Å². The number of alkyl halides is 3. The quantitative estimate of drug-likeness (QED) is 0.429. The third-order valence-corrected chi connectivity index (χ3v) is 5.23. The zero-order valence-corrected chi connectivity index (χ0v) is 17.8. The Morgan fingerprint density at radius 1 is 1.12 bits per heavy atom. The highest BCUT2D eigenvalue weighted by Gasteiger charge is 2.28. The second kappa shape index (κ2) is 9.16. The lowest BCUT2D eigenvalue weighted by atomic mass is 10.0. The molecule has 0 spiro atoms. The van der Waals surface area contributed by atoms with Gasteiger partial charge in [0.15, 0.2) is 5.82 Å². The monoisotopic (exact) mass is 457 g/mol. The number of hydrogen-bond acceptors (Lipinski definition) is 6. The van der Waals surface area contributed by atoms with E-state index in [1.807, 2.05) is 6.07 Å². The summed E-state index contributed by atoms with van der Waals surface area (Å²) >= 11 is 0. The lowest BCUT2D eigenvalue weighted by Crippen LogP contribution is -2.17. The Balaban J connectivity index is 1.75. The molecule has 1 unspecified atom stereocenters. The maximum Gasteiger partial charge on any atom is 0.389 e. The number of hydrogen-bond donors (Lipinski definition) is 2. The van der Waals surface area contributed by atoms with E-state index in [1.165, 1.54) is 7.11 Å². The van der Waals surface area contributed by atoms with E-state index in [9.17, 15) is 18.3 Å². The summed E-state index contributed by atoms with van der Waals surface area (Å²) in [6.07, 6.45) is -3.84. The SMILES string of the molecule is COc1cc(-c2cccc(C(N)CCC(F)(F)F)n2)cc2c1cnn2-c1cccc(CO)n1. The van der Waals surface area contributed by atoms with Gasteiger partial charge in [-0.3, -0.25) is 4.98 Å². The number of ether oxygens (including phenoxy) is 1. The Bertz CT molecular complexity index is 1270. The molecule has 172 valence electrons. The standard InChI is InChI=1S/C23H22F3N5O2/c1-33-21-11-14(18-5-3-6-19(30-18)17(27)8-9-23(24,25)26)10-20-16(21)12-28-31(20)22-7-2-4-15(13-32)29-22/h2-7,10-12,17,32H,8-9,13,27H2,1H3. The van der Waals surface area contributed by atoms with Crippen molar-refractivity contribution in [1.29, 1.82) is 0 Å². The van der Waals surface area contributed by atoms with Crippen molar-refractivity contribution in [2.75, 3.05) is 7.11 Å². The molecule has 4 aromatic rings. The second-order valence-corrected chi connectivity index (χ2v) is 7.52. The number of fused-ring (bicyclic) bond motifs is 1. The molecule has 7 nitrogen and oxygen atoms in total. The number of pyridine rings is 2. The Hall–Kier alpha value is -3.50. The number of halogens is 3. The van der Waals surface area contributed by atoms with Crippen LogP contribution in [0.4, 0.5) is 13.2 Å². The number of methoxy groups -OCH3 is 1. The molecule has 3 N–H and O–H groups in total.